The van der Waals surface area contributed by atoms with Crippen molar-refractivity contribution < 1.29 is 4.79 Å². The van der Waals surface area contributed by atoms with Crippen LogP contribution in [0.5, 0.6) is 0 Å². The van der Waals surface area contributed by atoms with E-state index in [9.17, 15) is 4.79 Å². The zero-order chi connectivity index (χ0) is 5.98. The number of nitrogens with two attached hydrogens (primary N) is 1. The molecule has 0 aromatic carbocycles. The molecule has 0 saturated carbocycles. The highest BCUT2D eigenvalue weighted by Crippen LogP contribution is 1.91. The van der Waals surface area contributed by atoms with Gasteiger partial charge in [0.25, 0.3) is 0 Å². The van der Waals surface area contributed by atoms with E-state index in [4.69, 9.17) is 5.73 Å². The Bertz CT molecular complexity index is 188. The summed E-state index contributed by atoms with van der Waals surface area (Å²) in [5, 5.41) is 0. The molecule has 1 aromatic rings. The Morgan fingerprint density at radius 3 is 2.09 bits per heavy atom. The van der Waals surface area contributed by atoms with E-state index >= 15 is 0 Å². The summed E-state index contributed by atoms with van der Waals surface area (Å²) >= 11 is 0. The van der Waals surface area contributed by atoms with Crippen molar-refractivity contribution in [2.45, 2.75) is 0 Å². The fraction of sp³-hybridized carbons (Fsp3) is 0. The number of carbonyl (C=O) groups excluding carboxylic acids is 1. The number of halogens is 3. The predicted molar refractivity (Wildman–Crippen MR) is 51.1 cm³/mol. The van der Waals surface area contributed by atoms with Gasteiger partial charge in [0.15, 0.2) is 0 Å². The van der Waals surface area contributed by atoms with Crippen molar-refractivity contribution >= 4 is 43.1 Å². The molecule has 0 aliphatic rings. The van der Waals surface area contributed by atoms with Crippen LogP contribution in [0.25, 0.3) is 0 Å². The molecular weight excluding hydrogens is 210 g/mol. The Balaban J connectivity index is -0.000000213. The van der Waals surface area contributed by atoms with Gasteiger partial charge >= 0.3 is 0 Å². The van der Waals surface area contributed by atoms with Gasteiger partial charge in [0.2, 0.25) is 5.91 Å². The van der Waals surface area contributed by atoms with E-state index in [2.05, 4.69) is 4.98 Å². The number of rotatable bonds is 1. The van der Waals surface area contributed by atoms with Crippen molar-refractivity contribution in [3.05, 3.63) is 24.0 Å². The fourth-order valence-corrected chi connectivity index (χ4v) is 0.477. The fourth-order valence-electron chi connectivity index (χ4n) is 0.477. The highest BCUT2D eigenvalue weighted by molar-refractivity contribution is 5.92. The zero-order valence-corrected chi connectivity index (χ0v) is 7.89. The second-order valence-corrected chi connectivity index (χ2v) is 1.46. The standard InChI is InChI=1S/C5H6N2O.3ClH/c6-5(8)4-1-2-7-3-4;;;/h1-3,7H,(H2,6,8);3*1H. The van der Waals surface area contributed by atoms with Gasteiger partial charge in [-0.05, 0) is 6.07 Å². The van der Waals surface area contributed by atoms with Crippen LogP contribution in [0.15, 0.2) is 18.5 Å². The van der Waals surface area contributed by atoms with Gasteiger partial charge < -0.3 is 10.7 Å². The minimum Gasteiger partial charge on any atom is -0.367 e. The van der Waals surface area contributed by atoms with Gasteiger partial charge in [-0.3, -0.25) is 4.79 Å². The molecular formula is C5H9Cl3N2O. The topological polar surface area (TPSA) is 58.9 Å². The Kier molecular flexibility index (Phi) is 11.9. The highest BCUT2D eigenvalue weighted by atomic mass is 35.5. The maximum atomic E-state index is 10.3. The Morgan fingerprint density at radius 1 is 1.36 bits per heavy atom. The smallest absolute Gasteiger partial charge is 0.250 e. The van der Waals surface area contributed by atoms with Crippen molar-refractivity contribution in [2.24, 2.45) is 5.73 Å². The Hall–Kier alpha value is -0.380. The molecule has 66 valence electrons. The normalized spacial score (nSPS) is 6.55. The van der Waals surface area contributed by atoms with Gasteiger partial charge in [-0.15, -0.1) is 37.2 Å². The van der Waals surface area contributed by atoms with Gasteiger partial charge in [0.05, 0.1) is 5.56 Å². The van der Waals surface area contributed by atoms with Gasteiger partial charge in [-0.1, -0.05) is 0 Å². The molecule has 3 N–H and O–H groups in total. The average Bonchev–Trinajstić information content (AvgIpc) is 2.12. The third-order valence-electron chi connectivity index (χ3n) is 0.882. The number of H-pyrrole nitrogens is 1. The van der Waals surface area contributed by atoms with E-state index in [1.807, 2.05) is 0 Å². The van der Waals surface area contributed by atoms with E-state index < -0.39 is 5.91 Å². The molecule has 0 atom stereocenters. The van der Waals surface area contributed by atoms with Crippen LogP contribution in [-0.4, -0.2) is 10.9 Å². The number of nitrogens with one attached hydrogen (secondary N) is 1. The minimum absolute atomic E-state index is 0. The number of aromatic amines is 1. The first-order chi connectivity index (χ1) is 3.80. The zero-order valence-electron chi connectivity index (χ0n) is 5.44. The lowest BCUT2D eigenvalue weighted by atomic mass is 10.3. The third kappa shape index (κ3) is 4.95. The van der Waals surface area contributed by atoms with Crippen LogP contribution in [0.2, 0.25) is 0 Å². The summed E-state index contributed by atoms with van der Waals surface area (Å²) in [6.45, 7) is 0. The molecule has 11 heavy (non-hydrogen) atoms. The molecule has 1 rings (SSSR count). The number of primary amides is 1. The first-order valence-corrected chi connectivity index (χ1v) is 2.23. The quantitative estimate of drug-likeness (QED) is 0.737. The number of amides is 1. The van der Waals surface area contributed by atoms with Crippen LogP contribution < -0.4 is 5.73 Å². The van der Waals surface area contributed by atoms with Crippen molar-refractivity contribution in [1.29, 1.82) is 0 Å². The first-order valence-electron chi connectivity index (χ1n) is 2.23. The maximum Gasteiger partial charge on any atom is 0.250 e. The molecule has 1 aromatic heterocycles. The molecule has 0 spiro atoms. The Morgan fingerprint density at radius 2 is 1.91 bits per heavy atom. The summed E-state index contributed by atoms with van der Waals surface area (Å²) < 4.78 is 0. The number of carbonyl (C=O) groups is 1. The molecule has 0 saturated heterocycles. The number of aromatic nitrogens is 1. The third-order valence-corrected chi connectivity index (χ3v) is 0.882. The number of hydrogen-bond donors (Lipinski definition) is 2. The molecule has 0 radical (unpaired) electrons. The molecule has 6 heteroatoms. The van der Waals surface area contributed by atoms with Crippen molar-refractivity contribution in [1.82, 2.24) is 4.98 Å². The monoisotopic (exact) mass is 218 g/mol. The van der Waals surface area contributed by atoms with Gasteiger partial charge in [-0.2, -0.15) is 0 Å². The van der Waals surface area contributed by atoms with Gasteiger partial charge in [-0.25, -0.2) is 0 Å². The van der Waals surface area contributed by atoms with Crippen molar-refractivity contribution in [2.75, 3.05) is 0 Å². The summed E-state index contributed by atoms with van der Waals surface area (Å²) in [4.78, 5) is 13.0. The Labute approximate surface area is 83.0 Å². The minimum atomic E-state index is -0.397. The number of hydrogen-bond acceptors (Lipinski definition) is 1. The van der Waals surface area contributed by atoms with E-state index in [-0.39, 0.29) is 37.2 Å². The molecule has 1 heterocycles. The lowest BCUT2D eigenvalue weighted by molar-refractivity contribution is 0.100. The summed E-state index contributed by atoms with van der Waals surface area (Å²) in [6, 6.07) is 1.63. The lowest BCUT2D eigenvalue weighted by Gasteiger charge is -1.80. The maximum absolute atomic E-state index is 10.3. The molecule has 0 bridgehead atoms. The largest absolute Gasteiger partial charge is 0.367 e. The molecule has 0 fully saturated rings. The van der Waals surface area contributed by atoms with E-state index in [0.29, 0.717) is 5.56 Å². The molecule has 0 unspecified atom stereocenters. The lowest BCUT2D eigenvalue weighted by Crippen LogP contribution is -2.08. The van der Waals surface area contributed by atoms with Crippen LogP contribution in [0.3, 0.4) is 0 Å². The van der Waals surface area contributed by atoms with Crippen LogP contribution in [-0.2, 0) is 0 Å². The summed E-state index contributed by atoms with van der Waals surface area (Å²) in [5.74, 6) is -0.397. The van der Waals surface area contributed by atoms with E-state index in [1.54, 1.807) is 18.5 Å². The van der Waals surface area contributed by atoms with Gasteiger partial charge in [0, 0.05) is 12.4 Å². The summed E-state index contributed by atoms with van der Waals surface area (Å²) in [7, 11) is 0. The van der Waals surface area contributed by atoms with Crippen LogP contribution in [0, 0.1) is 0 Å². The van der Waals surface area contributed by atoms with Crippen LogP contribution >= 0.6 is 37.2 Å². The second kappa shape index (κ2) is 7.72. The molecule has 3 nitrogen and oxygen atoms in total. The SMILES string of the molecule is Cl.Cl.Cl.NC(=O)c1cc[nH]c1. The molecule has 0 aliphatic heterocycles. The summed E-state index contributed by atoms with van der Waals surface area (Å²) in [6.07, 6.45) is 3.21. The molecule has 0 aliphatic carbocycles. The van der Waals surface area contributed by atoms with Crippen molar-refractivity contribution in [3.8, 4) is 0 Å². The second-order valence-electron chi connectivity index (χ2n) is 1.46. The van der Waals surface area contributed by atoms with Crippen molar-refractivity contribution in [3.63, 3.8) is 0 Å². The predicted octanol–water partition coefficient (Wildman–Crippen LogP) is 1.38. The van der Waals surface area contributed by atoms with E-state index in [1.165, 1.54) is 0 Å². The van der Waals surface area contributed by atoms with Gasteiger partial charge in [0.1, 0.15) is 0 Å². The van der Waals surface area contributed by atoms with E-state index in [0.717, 1.165) is 0 Å². The summed E-state index contributed by atoms with van der Waals surface area (Å²) in [5.41, 5.74) is 5.42. The van der Waals surface area contributed by atoms with Crippen LogP contribution in [0.1, 0.15) is 10.4 Å². The average molecular weight is 219 g/mol. The first kappa shape index (κ1) is 16.9. The highest BCUT2D eigenvalue weighted by Gasteiger charge is 1.95. The molecule has 1 amide bonds. The van der Waals surface area contributed by atoms with Crippen LogP contribution in [0.4, 0.5) is 0 Å².